The molecule has 0 aliphatic carbocycles. The van der Waals surface area contributed by atoms with Gasteiger partial charge in [-0.05, 0) is 33.6 Å². The number of hydrogen-bond donors (Lipinski definition) is 1. The largest absolute Gasteiger partial charge is 0.382 e. The minimum Gasteiger partial charge on any atom is -0.382 e. The zero-order valence-corrected chi connectivity index (χ0v) is 9.55. The van der Waals surface area contributed by atoms with Gasteiger partial charge >= 0.3 is 0 Å². The standard InChI is InChI=1S/C12H10BrNO/c13-11-8-4-7-10(14-11)12(15)9-5-2-1-3-6-9/h1-8,12,15H/t12-/m1/s1. The van der Waals surface area contributed by atoms with E-state index in [0.29, 0.717) is 5.69 Å². The number of hydrogen-bond acceptors (Lipinski definition) is 2. The lowest BCUT2D eigenvalue weighted by molar-refractivity contribution is 0.215. The number of aliphatic hydroxyl groups excluding tert-OH is 1. The molecule has 0 saturated carbocycles. The van der Waals surface area contributed by atoms with Gasteiger partial charge in [0.05, 0.1) is 5.69 Å². The Bertz CT molecular complexity index is 444. The van der Waals surface area contributed by atoms with Crippen LogP contribution in [0.4, 0.5) is 0 Å². The molecule has 1 aromatic carbocycles. The second-order valence-corrected chi connectivity index (χ2v) is 4.01. The third-order valence-electron chi connectivity index (χ3n) is 2.13. The van der Waals surface area contributed by atoms with Crippen molar-refractivity contribution in [3.05, 3.63) is 64.4 Å². The minimum atomic E-state index is -0.663. The fourth-order valence-electron chi connectivity index (χ4n) is 1.38. The van der Waals surface area contributed by atoms with Crippen LogP contribution in [0.2, 0.25) is 0 Å². The van der Waals surface area contributed by atoms with E-state index in [4.69, 9.17) is 0 Å². The molecule has 1 N–H and O–H groups in total. The number of aliphatic hydroxyl groups is 1. The Morgan fingerprint density at radius 1 is 1.00 bits per heavy atom. The molecule has 0 spiro atoms. The molecule has 1 heterocycles. The lowest BCUT2D eigenvalue weighted by Crippen LogP contribution is -2.01. The van der Waals surface area contributed by atoms with Gasteiger partial charge in [-0.2, -0.15) is 0 Å². The number of nitrogens with zero attached hydrogens (tertiary/aromatic N) is 1. The molecular formula is C12H10BrNO. The molecule has 0 unspecified atom stereocenters. The molecule has 0 radical (unpaired) electrons. The Labute approximate surface area is 96.7 Å². The van der Waals surface area contributed by atoms with Gasteiger partial charge in [0.25, 0.3) is 0 Å². The van der Waals surface area contributed by atoms with Gasteiger partial charge in [0, 0.05) is 0 Å². The second-order valence-electron chi connectivity index (χ2n) is 3.20. The van der Waals surface area contributed by atoms with Crippen LogP contribution in [-0.4, -0.2) is 10.1 Å². The van der Waals surface area contributed by atoms with E-state index in [1.807, 2.05) is 48.5 Å². The Morgan fingerprint density at radius 3 is 2.40 bits per heavy atom. The maximum atomic E-state index is 10.0. The van der Waals surface area contributed by atoms with E-state index in [-0.39, 0.29) is 0 Å². The van der Waals surface area contributed by atoms with Crippen molar-refractivity contribution in [1.29, 1.82) is 0 Å². The van der Waals surface area contributed by atoms with Crippen LogP contribution in [0.1, 0.15) is 17.4 Å². The average molecular weight is 264 g/mol. The van der Waals surface area contributed by atoms with Crippen LogP contribution in [0.15, 0.2) is 53.1 Å². The predicted molar refractivity (Wildman–Crippen MR) is 62.4 cm³/mol. The van der Waals surface area contributed by atoms with Crippen LogP contribution in [0.25, 0.3) is 0 Å². The maximum absolute atomic E-state index is 10.0. The molecule has 0 fully saturated rings. The molecular weight excluding hydrogens is 254 g/mol. The summed E-state index contributed by atoms with van der Waals surface area (Å²) < 4.78 is 0.731. The lowest BCUT2D eigenvalue weighted by Gasteiger charge is -2.10. The van der Waals surface area contributed by atoms with Gasteiger partial charge < -0.3 is 5.11 Å². The normalized spacial score (nSPS) is 12.4. The fourth-order valence-corrected chi connectivity index (χ4v) is 1.74. The van der Waals surface area contributed by atoms with E-state index in [2.05, 4.69) is 20.9 Å². The quantitative estimate of drug-likeness (QED) is 0.846. The first-order chi connectivity index (χ1) is 7.27. The Balaban J connectivity index is 2.32. The first kappa shape index (κ1) is 10.3. The summed E-state index contributed by atoms with van der Waals surface area (Å²) in [5.41, 5.74) is 1.50. The van der Waals surface area contributed by atoms with E-state index in [0.717, 1.165) is 10.2 Å². The molecule has 2 nitrogen and oxygen atoms in total. The molecule has 0 amide bonds. The first-order valence-corrected chi connectivity index (χ1v) is 5.42. The molecule has 0 saturated heterocycles. The van der Waals surface area contributed by atoms with Crippen LogP contribution in [0.5, 0.6) is 0 Å². The predicted octanol–water partition coefficient (Wildman–Crippen LogP) is 2.93. The van der Waals surface area contributed by atoms with E-state index in [1.165, 1.54) is 0 Å². The third-order valence-corrected chi connectivity index (χ3v) is 2.57. The van der Waals surface area contributed by atoms with Gasteiger partial charge in [0.1, 0.15) is 10.7 Å². The van der Waals surface area contributed by atoms with Crippen LogP contribution in [0, 0.1) is 0 Å². The van der Waals surface area contributed by atoms with Gasteiger partial charge in [-0.1, -0.05) is 36.4 Å². The highest BCUT2D eigenvalue weighted by molar-refractivity contribution is 9.10. The highest BCUT2D eigenvalue weighted by Gasteiger charge is 2.10. The lowest BCUT2D eigenvalue weighted by atomic mass is 10.1. The monoisotopic (exact) mass is 263 g/mol. The fraction of sp³-hybridized carbons (Fsp3) is 0.0833. The Kier molecular flexibility index (Phi) is 3.14. The van der Waals surface area contributed by atoms with E-state index >= 15 is 0 Å². The number of halogens is 1. The molecule has 0 aliphatic heterocycles. The molecule has 15 heavy (non-hydrogen) atoms. The Morgan fingerprint density at radius 2 is 1.73 bits per heavy atom. The van der Waals surface area contributed by atoms with Crippen LogP contribution < -0.4 is 0 Å². The summed E-state index contributed by atoms with van der Waals surface area (Å²) in [6, 6.07) is 15.0. The van der Waals surface area contributed by atoms with Gasteiger partial charge in [0.15, 0.2) is 0 Å². The van der Waals surface area contributed by atoms with Crippen molar-refractivity contribution in [3.63, 3.8) is 0 Å². The third kappa shape index (κ3) is 2.43. The van der Waals surface area contributed by atoms with Gasteiger partial charge in [-0.15, -0.1) is 0 Å². The van der Waals surface area contributed by atoms with Crippen molar-refractivity contribution < 1.29 is 5.11 Å². The van der Waals surface area contributed by atoms with Crippen molar-refractivity contribution in [2.75, 3.05) is 0 Å². The molecule has 1 aromatic heterocycles. The molecule has 76 valence electrons. The average Bonchev–Trinajstić information content (AvgIpc) is 2.29. The minimum absolute atomic E-state index is 0.649. The van der Waals surface area contributed by atoms with Crippen molar-refractivity contribution >= 4 is 15.9 Å². The number of pyridine rings is 1. The second kappa shape index (κ2) is 4.55. The Hall–Kier alpha value is -1.19. The molecule has 3 heteroatoms. The summed E-state index contributed by atoms with van der Waals surface area (Å²) in [5, 5.41) is 10.0. The molecule has 2 rings (SSSR count). The SMILES string of the molecule is O[C@H](c1ccccc1)c1cccc(Br)n1. The maximum Gasteiger partial charge on any atom is 0.121 e. The summed E-state index contributed by atoms with van der Waals surface area (Å²) in [4.78, 5) is 4.22. The highest BCUT2D eigenvalue weighted by atomic mass is 79.9. The van der Waals surface area contributed by atoms with Crippen LogP contribution in [-0.2, 0) is 0 Å². The van der Waals surface area contributed by atoms with Crippen LogP contribution in [0.3, 0.4) is 0 Å². The zero-order valence-electron chi connectivity index (χ0n) is 7.97. The van der Waals surface area contributed by atoms with Gasteiger partial charge in [-0.25, -0.2) is 4.98 Å². The van der Waals surface area contributed by atoms with E-state index in [1.54, 1.807) is 0 Å². The van der Waals surface area contributed by atoms with Crippen molar-refractivity contribution in [3.8, 4) is 0 Å². The topological polar surface area (TPSA) is 33.1 Å². The zero-order chi connectivity index (χ0) is 10.7. The van der Waals surface area contributed by atoms with E-state index in [9.17, 15) is 5.11 Å². The molecule has 0 aliphatic rings. The molecule has 0 bridgehead atoms. The summed E-state index contributed by atoms with van der Waals surface area (Å²) in [6.07, 6.45) is -0.663. The number of aromatic nitrogens is 1. The van der Waals surface area contributed by atoms with Crippen LogP contribution >= 0.6 is 15.9 Å². The summed E-state index contributed by atoms with van der Waals surface area (Å²) in [5.74, 6) is 0. The summed E-state index contributed by atoms with van der Waals surface area (Å²) in [7, 11) is 0. The highest BCUT2D eigenvalue weighted by Crippen LogP contribution is 2.20. The summed E-state index contributed by atoms with van der Waals surface area (Å²) >= 11 is 3.28. The van der Waals surface area contributed by atoms with Crippen molar-refractivity contribution in [2.45, 2.75) is 6.10 Å². The number of rotatable bonds is 2. The van der Waals surface area contributed by atoms with Gasteiger partial charge in [-0.3, -0.25) is 0 Å². The van der Waals surface area contributed by atoms with Gasteiger partial charge in [0.2, 0.25) is 0 Å². The smallest absolute Gasteiger partial charge is 0.121 e. The van der Waals surface area contributed by atoms with Crippen molar-refractivity contribution in [1.82, 2.24) is 4.98 Å². The number of benzene rings is 1. The summed E-state index contributed by atoms with van der Waals surface area (Å²) in [6.45, 7) is 0. The first-order valence-electron chi connectivity index (χ1n) is 4.63. The molecule has 1 atom stereocenters. The molecule has 2 aromatic rings. The van der Waals surface area contributed by atoms with E-state index < -0.39 is 6.10 Å². The van der Waals surface area contributed by atoms with Crippen molar-refractivity contribution in [2.24, 2.45) is 0 Å².